The molecule has 1 aliphatic rings. The molecule has 178 valence electrons. The quantitative estimate of drug-likeness (QED) is 0.236. The summed E-state index contributed by atoms with van der Waals surface area (Å²) >= 11 is 0. The highest BCUT2D eigenvalue weighted by atomic mass is 15.1. The van der Waals surface area contributed by atoms with Crippen molar-refractivity contribution in [3.05, 3.63) is 58.4 Å². The first-order valence-corrected chi connectivity index (χ1v) is 12.4. The minimum absolute atomic E-state index is 0.691. The Labute approximate surface area is 196 Å². The van der Waals surface area contributed by atoms with Gasteiger partial charge in [0.05, 0.1) is 6.54 Å². The van der Waals surface area contributed by atoms with E-state index >= 15 is 0 Å². The van der Waals surface area contributed by atoms with E-state index in [1.54, 1.807) is 0 Å². The summed E-state index contributed by atoms with van der Waals surface area (Å²) in [5, 5.41) is 7.28. The van der Waals surface area contributed by atoms with Crippen molar-refractivity contribution in [3.63, 3.8) is 0 Å². The van der Waals surface area contributed by atoms with Gasteiger partial charge < -0.3 is 21.3 Å². The summed E-state index contributed by atoms with van der Waals surface area (Å²) in [6.07, 6.45) is 13.1. The van der Waals surface area contributed by atoms with Crippen LogP contribution >= 0.6 is 0 Å². The summed E-state index contributed by atoms with van der Waals surface area (Å²) in [6, 6.07) is 9.55. The van der Waals surface area contributed by atoms with E-state index in [0.29, 0.717) is 6.54 Å². The van der Waals surface area contributed by atoms with Crippen LogP contribution in [0.2, 0.25) is 0 Å². The van der Waals surface area contributed by atoms with Crippen molar-refractivity contribution in [2.75, 3.05) is 27.2 Å². The van der Waals surface area contributed by atoms with E-state index in [0.717, 1.165) is 43.5 Å². The number of likely N-dealkylation sites (N-methyl/N-ethyl adjacent to an activating group) is 1. The highest BCUT2D eigenvalue weighted by molar-refractivity contribution is 5.80. The number of nitrogens with zero attached hydrogens (tertiary/aromatic N) is 2. The smallest absolute Gasteiger partial charge is 0.0639 e. The zero-order valence-electron chi connectivity index (χ0n) is 20.8. The van der Waals surface area contributed by atoms with Gasteiger partial charge in [-0.05, 0) is 68.5 Å². The molecule has 0 radical (unpaired) electrons. The van der Waals surface area contributed by atoms with Gasteiger partial charge in [0.25, 0.3) is 0 Å². The third-order valence-electron chi connectivity index (χ3n) is 6.00. The van der Waals surface area contributed by atoms with Gasteiger partial charge in [0, 0.05) is 44.3 Å². The molecule has 0 spiro atoms. The highest BCUT2D eigenvalue weighted by Gasteiger charge is 2.11. The molecule has 1 aromatic rings. The van der Waals surface area contributed by atoms with Gasteiger partial charge in [-0.1, -0.05) is 50.5 Å². The molecule has 5 nitrogen and oxygen atoms in total. The predicted molar refractivity (Wildman–Crippen MR) is 139 cm³/mol. The Kier molecular flexibility index (Phi) is 12.1. The molecule has 0 heterocycles. The average Bonchev–Trinajstić information content (AvgIpc) is 2.79. The molecule has 1 aromatic carbocycles. The van der Waals surface area contributed by atoms with Gasteiger partial charge in [-0.15, -0.1) is 0 Å². The van der Waals surface area contributed by atoms with Gasteiger partial charge in [-0.3, -0.25) is 4.99 Å². The summed E-state index contributed by atoms with van der Waals surface area (Å²) in [4.78, 5) is 6.78. The van der Waals surface area contributed by atoms with Gasteiger partial charge in [0.15, 0.2) is 0 Å². The topological polar surface area (TPSA) is 65.7 Å². The molecule has 0 saturated heterocycles. The average molecular weight is 440 g/mol. The van der Waals surface area contributed by atoms with Gasteiger partial charge in [-0.25, -0.2) is 0 Å². The second-order valence-electron chi connectivity index (χ2n) is 9.15. The Balaban J connectivity index is 1.73. The molecule has 1 aliphatic carbocycles. The van der Waals surface area contributed by atoms with E-state index in [-0.39, 0.29) is 0 Å². The Morgan fingerprint density at radius 2 is 1.78 bits per heavy atom. The van der Waals surface area contributed by atoms with Crippen LogP contribution in [0.1, 0.15) is 69.9 Å². The van der Waals surface area contributed by atoms with Crippen LogP contribution in [0.25, 0.3) is 0 Å². The van der Waals surface area contributed by atoms with Gasteiger partial charge in [0.2, 0.25) is 0 Å². The largest absolute Gasteiger partial charge is 0.402 e. The van der Waals surface area contributed by atoms with Crippen molar-refractivity contribution in [2.45, 2.75) is 77.9 Å². The number of rotatable bonds is 13. The fraction of sp³-hybridized carbons (Fsp3) is 0.593. The van der Waals surface area contributed by atoms with Crippen LogP contribution in [-0.2, 0) is 13.1 Å². The van der Waals surface area contributed by atoms with Crippen molar-refractivity contribution in [1.29, 1.82) is 0 Å². The van der Waals surface area contributed by atoms with Crippen LogP contribution in [0.4, 0.5) is 0 Å². The van der Waals surface area contributed by atoms with Crippen molar-refractivity contribution in [1.82, 2.24) is 15.5 Å². The summed E-state index contributed by atoms with van der Waals surface area (Å²) in [5.41, 5.74) is 11.6. The van der Waals surface area contributed by atoms with Gasteiger partial charge >= 0.3 is 0 Å². The number of hydrogen-bond acceptors (Lipinski definition) is 5. The van der Waals surface area contributed by atoms with Crippen molar-refractivity contribution in [2.24, 2.45) is 10.7 Å². The number of hydrogen-bond donors (Lipinski definition) is 3. The third kappa shape index (κ3) is 10.0. The molecule has 0 amide bonds. The summed E-state index contributed by atoms with van der Waals surface area (Å²) < 4.78 is 0. The molecule has 0 aliphatic heterocycles. The highest BCUT2D eigenvalue weighted by Crippen LogP contribution is 2.17. The maximum Gasteiger partial charge on any atom is 0.0639 e. The standard InChI is InChI=1S/C27H45N5/c1-5-25(27(32(3)4)18-22(2)28)21-30-20-24-14-12-23(13-15-24)19-29-16-9-17-31-26-10-7-6-8-11-26/h12-15,18,21,26,29,31H,5-11,16-17,19-20,28H2,1-4H3. The van der Waals surface area contributed by atoms with E-state index in [4.69, 9.17) is 5.73 Å². The lowest BCUT2D eigenvalue weighted by Crippen LogP contribution is -2.33. The van der Waals surface area contributed by atoms with Crippen LogP contribution in [0.3, 0.4) is 0 Å². The van der Waals surface area contributed by atoms with Crippen molar-refractivity contribution >= 4 is 6.21 Å². The molecule has 1 saturated carbocycles. The van der Waals surface area contributed by atoms with E-state index in [1.165, 1.54) is 55.2 Å². The number of benzene rings is 1. The lowest BCUT2D eigenvalue weighted by molar-refractivity contribution is 0.371. The first kappa shape index (κ1) is 26.1. The van der Waals surface area contributed by atoms with Gasteiger partial charge in [0.1, 0.15) is 0 Å². The van der Waals surface area contributed by atoms with E-state index in [1.807, 2.05) is 33.3 Å². The third-order valence-corrected chi connectivity index (χ3v) is 6.00. The second-order valence-corrected chi connectivity index (χ2v) is 9.15. The lowest BCUT2D eigenvalue weighted by atomic mass is 9.95. The minimum Gasteiger partial charge on any atom is -0.402 e. The molecule has 1 fully saturated rings. The van der Waals surface area contributed by atoms with Crippen molar-refractivity contribution < 1.29 is 0 Å². The molecule has 4 N–H and O–H groups in total. The summed E-state index contributed by atoms with van der Waals surface area (Å²) in [7, 11) is 4.08. The fourth-order valence-electron chi connectivity index (χ4n) is 4.15. The molecular formula is C27H45N5. The monoisotopic (exact) mass is 439 g/mol. The van der Waals surface area contributed by atoms with Crippen LogP contribution < -0.4 is 16.4 Å². The Bertz CT molecular complexity index is 736. The maximum atomic E-state index is 5.89. The molecule has 0 atom stereocenters. The van der Waals surface area contributed by atoms with Crippen LogP contribution in [0, 0.1) is 0 Å². The lowest BCUT2D eigenvalue weighted by Gasteiger charge is -2.22. The number of aliphatic imine (C=N–C) groups is 1. The molecule has 0 aromatic heterocycles. The SMILES string of the molecule is CCC(C=NCc1ccc(CNCCCNC2CCCCC2)cc1)=C(C=C(C)N)N(C)C. The van der Waals surface area contributed by atoms with Crippen LogP contribution in [0.15, 0.2) is 52.3 Å². The molecule has 5 heteroatoms. The van der Waals surface area contributed by atoms with Gasteiger partial charge in [-0.2, -0.15) is 0 Å². The molecule has 32 heavy (non-hydrogen) atoms. The Morgan fingerprint density at radius 3 is 2.41 bits per heavy atom. The van der Waals surface area contributed by atoms with E-state index < -0.39 is 0 Å². The molecule has 0 bridgehead atoms. The van der Waals surface area contributed by atoms with E-state index in [9.17, 15) is 0 Å². The molecule has 0 unspecified atom stereocenters. The fourth-order valence-corrected chi connectivity index (χ4v) is 4.15. The molecular weight excluding hydrogens is 394 g/mol. The Hall–Kier alpha value is -2.11. The second kappa shape index (κ2) is 14.9. The Morgan fingerprint density at radius 1 is 1.09 bits per heavy atom. The maximum absolute atomic E-state index is 5.89. The number of allylic oxidation sites excluding steroid dienone is 3. The van der Waals surface area contributed by atoms with E-state index in [2.05, 4.69) is 51.7 Å². The zero-order chi connectivity index (χ0) is 23.2. The van der Waals surface area contributed by atoms with Crippen LogP contribution in [-0.4, -0.2) is 44.3 Å². The van der Waals surface area contributed by atoms with Crippen LogP contribution in [0.5, 0.6) is 0 Å². The minimum atomic E-state index is 0.691. The predicted octanol–water partition coefficient (Wildman–Crippen LogP) is 4.75. The van der Waals surface area contributed by atoms with Crippen molar-refractivity contribution in [3.8, 4) is 0 Å². The summed E-state index contributed by atoms with van der Waals surface area (Å²) in [5.74, 6) is 0. The normalized spacial score (nSPS) is 16.4. The number of nitrogens with one attached hydrogen (secondary N) is 2. The zero-order valence-corrected chi connectivity index (χ0v) is 20.8. The number of nitrogens with two attached hydrogens (primary N) is 1. The molecule has 2 rings (SSSR count). The first-order valence-electron chi connectivity index (χ1n) is 12.4. The summed E-state index contributed by atoms with van der Waals surface area (Å²) in [6.45, 7) is 7.86. The first-order chi connectivity index (χ1) is 15.5.